The first-order valence-electron chi connectivity index (χ1n) is 4.43. The second kappa shape index (κ2) is 4.97. The molecule has 74 valence electrons. The summed E-state index contributed by atoms with van der Waals surface area (Å²) >= 11 is 0. The van der Waals surface area contributed by atoms with Crippen LogP contribution in [0.25, 0.3) is 0 Å². The summed E-state index contributed by atoms with van der Waals surface area (Å²) in [6.07, 6.45) is 5.23. The summed E-state index contributed by atoms with van der Waals surface area (Å²) in [7, 11) is 0. The topological polar surface area (TPSA) is 64.1 Å². The van der Waals surface area contributed by atoms with Gasteiger partial charge in [0.2, 0.25) is 0 Å². The van der Waals surface area contributed by atoms with Gasteiger partial charge in [-0.15, -0.1) is 0 Å². The van der Waals surface area contributed by atoms with Crippen LogP contribution >= 0.6 is 0 Å². The first-order chi connectivity index (χ1) is 6.76. The number of benzene rings is 1. The van der Waals surface area contributed by atoms with Crippen molar-refractivity contribution in [3.8, 4) is 0 Å². The van der Waals surface area contributed by atoms with Gasteiger partial charge in [0.15, 0.2) is 0 Å². The van der Waals surface area contributed by atoms with Gasteiger partial charge in [-0.05, 0) is 37.4 Å². The van der Waals surface area contributed by atoms with Crippen molar-refractivity contribution >= 4 is 11.4 Å². The molecule has 14 heavy (non-hydrogen) atoms. The molecule has 0 aliphatic carbocycles. The van der Waals surface area contributed by atoms with E-state index in [1.54, 1.807) is 6.08 Å². The molecule has 0 spiro atoms. The second-order valence-electron chi connectivity index (χ2n) is 2.85. The van der Waals surface area contributed by atoms with Crippen LogP contribution in [0.5, 0.6) is 0 Å². The Hall–Kier alpha value is -1.90. The Balaban J connectivity index is 2.77. The van der Waals surface area contributed by atoms with Gasteiger partial charge in [-0.3, -0.25) is 0 Å². The molecule has 0 saturated carbocycles. The van der Waals surface area contributed by atoms with Crippen molar-refractivity contribution in [2.75, 3.05) is 11.1 Å². The lowest BCUT2D eigenvalue weighted by Gasteiger charge is -2.06. The third kappa shape index (κ3) is 2.86. The van der Waals surface area contributed by atoms with Crippen molar-refractivity contribution in [3.63, 3.8) is 0 Å². The molecule has 5 N–H and O–H groups in total. The first kappa shape index (κ1) is 10.2. The summed E-state index contributed by atoms with van der Waals surface area (Å²) in [6.45, 7) is 1.94. The van der Waals surface area contributed by atoms with Crippen LogP contribution in [0.4, 0.5) is 11.4 Å². The maximum absolute atomic E-state index is 5.65. The molecule has 1 aromatic carbocycles. The van der Waals surface area contributed by atoms with E-state index in [9.17, 15) is 0 Å². The molecule has 0 aromatic heterocycles. The lowest BCUT2D eigenvalue weighted by molar-refractivity contribution is 1.42. The first-order valence-corrected chi connectivity index (χ1v) is 4.43. The summed E-state index contributed by atoms with van der Waals surface area (Å²) in [6, 6.07) is 7.56. The fraction of sp³-hybridized carbons (Fsp3) is 0.0909. The van der Waals surface area contributed by atoms with E-state index in [-0.39, 0.29) is 0 Å². The van der Waals surface area contributed by atoms with Gasteiger partial charge in [0, 0.05) is 17.1 Å². The normalized spacial score (nSPS) is 11.9. The number of nitrogen functional groups attached to an aromatic ring is 1. The number of hydrogen-bond donors (Lipinski definition) is 3. The molecule has 0 radical (unpaired) electrons. The number of nitrogens with two attached hydrogens (primary N) is 2. The molecule has 1 aromatic rings. The van der Waals surface area contributed by atoms with Crippen molar-refractivity contribution in [2.45, 2.75) is 6.92 Å². The molecule has 3 heteroatoms. The van der Waals surface area contributed by atoms with Crippen LogP contribution in [0.1, 0.15) is 6.92 Å². The van der Waals surface area contributed by atoms with Gasteiger partial charge in [0.05, 0.1) is 0 Å². The smallest absolute Gasteiger partial charge is 0.0404 e. The number of nitrogens with one attached hydrogen (secondary N) is 1. The van der Waals surface area contributed by atoms with Gasteiger partial charge in [-0.2, -0.15) is 0 Å². The van der Waals surface area contributed by atoms with Crippen molar-refractivity contribution in [1.29, 1.82) is 0 Å². The fourth-order valence-corrected chi connectivity index (χ4v) is 1.10. The molecule has 0 aliphatic rings. The SMILES string of the molecule is C/C=C(\C=C/N)Nc1cccc(N)c1. The molecule has 1 rings (SSSR count). The molecule has 0 saturated heterocycles. The van der Waals surface area contributed by atoms with Crippen LogP contribution in [0.3, 0.4) is 0 Å². The zero-order chi connectivity index (χ0) is 10.4. The number of anilines is 2. The molecule has 0 aliphatic heterocycles. The van der Waals surface area contributed by atoms with E-state index < -0.39 is 0 Å². The Morgan fingerprint density at radius 2 is 2.21 bits per heavy atom. The summed E-state index contributed by atoms with van der Waals surface area (Å²) in [4.78, 5) is 0. The lowest BCUT2D eigenvalue weighted by Crippen LogP contribution is -1.98. The van der Waals surface area contributed by atoms with Gasteiger partial charge in [-0.25, -0.2) is 0 Å². The highest BCUT2D eigenvalue weighted by Crippen LogP contribution is 2.14. The molecule has 0 amide bonds. The predicted molar refractivity (Wildman–Crippen MR) is 61.6 cm³/mol. The van der Waals surface area contributed by atoms with Gasteiger partial charge in [0.25, 0.3) is 0 Å². The Morgan fingerprint density at radius 1 is 1.43 bits per heavy atom. The van der Waals surface area contributed by atoms with Crippen LogP contribution < -0.4 is 16.8 Å². The highest BCUT2D eigenvalue weighted by Gasteiger charge is 1.93. The third-order valence-corrected chi connectivity index (χ3v) is 1.76. The van der Waals surface area contributed by atoms with Crippen molar-refractivity contribution in [1.82, 2.24) is 0 Å². The van der Waals surface area contributed by atoms with Crippen molar-refractivity contribution in [3.05, 3.63) is 48.3 Å². The minimum absolute atomic E-state index is 0.738. The quantitative estimate of drug-likeness (QED) is 0.503. The van der Waals surface area contributed by atoms with E-state index in [1.165, 1.54) is 6.20 Å². The molecule has 0 fully saturated rings. The number of hydrogen-bond acceptors (Lipinski definition) is 3. The highest BCUT2D eigenvalue weighted by atomic mass is 14.9. The predicted octanol–water partition coefficient (Wildman–Crippen LogP) is 2.06. The van der Waals surface area contributed by atoms with Gasteiger partial charge < -0.3 is 16.8 Å². The minimum atomic E-state index is 0.738. The maximum atomic E-state index is 5.65. The molecule has 3 nitrogen and oxygen atoms in total. The zero-order valence-corrected chi connectivity index (χ0v) is 8.20. The lowest BCUT2D eigenvalue weighted by atomic mass is 10.2. The Morgan fingerprint density at radius 3 is 2.79 bits per heavy atom. The van der Waals surface area contributed by atoms with E-state index in [4.69, 9.17) is 11.5 Å². The summed E-state index contributed by atoms with van der Waals surface area (Å²) in [5.41, 5.74) is 13.6. The van der Waals surface area contributed by atoms with Gasteiger partial charge >= 0.3 is 0 Å². The largest absolute Gasteiger partial charge is 0.405 e. The monoisotopic (exact) mass is 189 g/mol. The minimum Gasteiger partial charge on any atom is -0.405 e. The molecular weight excluding hydrogens is 174 g/mol. The Kier molecular flexibility index (Phi) is 3.61. The maximum Gasteiger partial charge on any atom is 0.0404 e. The highest BCUT2D eigenvalue weighted by molar-refractivity contribution is 5.57. The second-order valence-corrected chi connectivity index (χ2v) is 2.85. The van der Waals surface area contributed by atoms with E-state index in [0.717, 1.165) is 17.1 Å². The molecule has 0 atom stereocenters. The van der Waals surface area contributed by atoms with Crippen LogP contribution in [-0.2, 0) is 0 Å². The van der Waals surface area contributed by atoms with E-state index in [2.05, 4.69) is 5.32 Å². The van der Waals surface area contributed by atoms with E-state index >= 15 is 0 Å². The Bertz CT molecular complexity index is 353. The van der Waals surface area contributed by atoms with E-state index in [0.29, 0.717) is 0 Å². The van der Waals surface area contributed by atoms with Crippen molar-refractivity contribution < 1.29 is 0 Å². The molecule has 0 unspecified atom stereocenters. The average molecular weight is 189 g/mol. The standard InChI is InChI=1S/C11H15N3/c1-2-10(6-7-12)14-11-5-3-4-9(13)8-11/h2-8,14H,12-13H2,1H3/b7-6-,10-2+. The van der Waals surface area contributed by atoms with Crippen LogP contribution in [0, 0.1) is 0 Å². The van der Waals surface area contributed by atoms with Gasteiger partial charge in [-0.1, -0.05) is 12.1 Å². The van der Waals surface area contributed by atoms with Crippen LogP contribution in [0.15, 0.2) is 48.3 Å². The zero-order valence-electron chi connectivity index (χ0n) is 8.20. The summed E-state index contributed by atoms with van der Waals surface area (Å²) in [5.74, 6) is 0. The Labute approximate surface area is 84.1 Å². The number of rotatable bonds is 3. The van der Waals surface area contributed by atoms with Gasteiger partial charge in [0.1, 0.15) is 0 Å². The molecular formula is C11H15N3. The fourth-order valence-electron chi connectivity index (χ4n) is 1.10. The molecule has 0 bridgehead atoms. The third-order valence-electron chi connectivity index (χ3n) is 1.76. The van der Waals surface area contributed by atoms with Crippen molar-refractivity contribution in [2.24, 2.45) is 5.73 Å². The summed E-state index contributed by atoms with van der Waals surface area (Å²) < 4.78 is 0. The number of allylic oxidation sites excluding steroid dienone is 2. The van der Waals surface area contributed by atoms with Crippen LogP contribution in [0.2, 0.25) is 0 Å². The molecule has 0 heterocycles. The van der Waals surface area contributed by atoms with Crippen LogP contribution in [-0.4, -0.2) is 0 Å². The summed E-state index contributed by atoms with van der Waals surface area (Å²) in [5, 5.41) is 3.18. The average Bonchev–Trinajstić information content (AvgIpc) is 2.17. The van der Waals surface area contributed by atoms with E-state index in [1.807, 2.05) is 37.3 Å².